The first-order chi connectivity index (χ1) is 22.9. The number of aromatic nitrogens is 5. The molecule has 0 spiro atoms. The number of hydrogen-bond acceptors (Lipinski definition) is 9. The van der Waals surface area contributed by atoms with Gasteiger partial charge in [-0.2, -0.15) is 18.3 Å². The maximum absolute atomic E-state index is 13.8. The van der Waals surface area contributed by atoms with E-state index in [1.165, 1.54) is 30.5 Å². The van der Waals surface area contributed by atoms with Crippen LogP contribution in [0.4, 0.5) is 18.9 Å². The second kappa shape index (κ2) is 13.2. The van der Waals surface area contributed by atoms with Crippen molar-refractivity contribution in [3.05, 3.63) is 70.4 Å². The van der Waals surface area contributed by atoms with Gasteiger partial charge in [-0.1, -0.05) is 17.7 Å². The van der Waals surface area contributed by atoms with E-state index in [0.29, 0.717) is 30.8 Å². The summed E-state index contributed by atoms with van der Waals surface area (Å²) in [7, 11) is 0. The number of benzene rings is 1. The van der Waals surface area contributed by atoms with E-state index >= 15 is 0 Å². The van der Waals surface area contributed by atoms with Gasteiger partial charge in [0.15, 0.2) is 5.82 Å². The molecule has 1 saturated carbocycles. The number of nitrogen functional groups attached to an aromatic ring is 1. The van der Waals surface area contributed by atoms with Crippen LogP contribution in [0.1, 0.15) is 45.1 Å². The Morgan fingerprint density at radius 3 is 2.56 bits per heavy atom. The third-order valence-electron chi connectivity index (χ3n) is 8.07. The summed E-state index contributed by atoms with van der Waals surface area (Å²) in [6.45, 7) is 0.699. The van der Waals surface area contributed by atoms with Crippen molar-refractivity contribution in [2.24, 2.45) is 5.92 Å². The quantitative estimate of drug-likeness (QED) is 0.122. The average molecular weight is 687 g/mol. The number of amides is 3. The van der Waals surface area contributed by atoms with Gasteiger partial charge in [-0.05, 0) is 48.6 Å². The summed E-state index contributed by atoms with van der Waals surface area (Å²) in [4.78, 5) is 48.6. The molecule has 2 aliphatic rings. The largest absolute Gasteiger partial charge is 0.433 e. The van der Waals surface area contributed by atoms with Crippen LogP contribution in [0.25, 0.3) is 22.6 Å². The van der Waals surface area contributed by atoms with E-state index in [0.717, 1.165) is 12.6 Å². The number of nitrogens with zero attached hydrogens (tertiary/aromatic N) is 3. The lowest BCUT2D eigenvalue weighted by Gasteiger charge is -2.11. The number of halogens is 4. The lowest BCUT2D eigenvalue weighted by atomic mass is 10.1. The summed E-state index contributed by atoms with van der Waals surface area (Å²) in [6, 6.07) is 7.05. The van der Waals surface area contributed by atoms with Crippen LogP contribution in [0.15, 0.2) is 42.7 Å². The molecule has 0 radical (unpaired) electrons. The van der Waals surface area contributed by atoms with E-state index in [-0.39, 0.29) is 63.5 Å². The van der Waals surface area contributed by atoms with E-state index in [4.69, 9.17) is 17.3 Å². The predicted octanol–water partition coefficient (Wildman–Crippen LogP) is 2.00. The fourth-order valence-corrected chi connectivity index (χ4v) is 5.68. The first-order valence-corrected chi connectivity index (χ1v) is 15.2. The maximum Gasteiger partial charge on any atom is 0.433 e. The third-order valence-corrected chi connectivity index (χ3v) is 8.38. The number of nitrogens with two attached hydrogens (primary N) is 1. The molecule has 14 nitrogen and oxygen atoms in total. The highest BCUT2D eigenvalue weighted by molar-refractivity contribution is 6.33. The molecule has 1 aromatic carbocycles. The van der Waals surface area contributed by atoms with Gasteiger partial charge in [0.25, 0.3) is 11.8 Å². The number of carbonyl (C=O) groups is 3. The zero-order valence-corrected chi connectivity index (χ0v) is 25.7. The Kier molecular flexibility index (Phi) is 9.09. The highest BCUT2D eigenvalue weighted by Gasteiger charge is 2.41. The van der Waals surface area contributed by atoms with Crippen molar-refractivity contribution >= 4 is 35.0 Å². The second-order valence-electron chi connectivity index (χ2n) is 11.6. The van der Waals surface area contributed by atoms with Crippen molar-refractivity contribution in [3.8, 4) is 22.6 Å². The SMILES string of the molecule is Nc1ccc(-c2n[nH]c(C(F)(F)F)c2-c2cnc(C(=O)NCc3ccc(C(=O)NCC4CC4NC(=O)[C@@H]4C[C@@H](O)CN4)c(Cl)c3)[nH]2)nc1. The number of anilines is 1. The fourth-order valence-electron chi connectivity index (χ4n) is 5.39. The van der Waals surface area contributed by atoms with Crippen LogP contribution in [-0.2, 0) is 17.5 Å². The molecule has 1 saturated heterocycles. The van der Waals surface area contributed by atoms with Crippen molar-refractivity contribution < 1.29 is 32.7 Å². The van der Waals surface area contributed by atoms with Crippen molar-refractivity contribution in [3.63, 3.8) is 0 Å². The van der Waals surface area contributed by atoms with Crippen LogP contribution in [-0.4, -0.2) is 79.3 Å². The zero-order valence-electron chi connectivity index (χ0n) is 25.0. The number of nitrogens with one attached hydrogen (secondary N) is 6. The summed E-state index contributed by atoms with van der Waals surface area (Å²) in [5, 5.41) is 26.9. The van der Waals surface area contributed by atoms with Gasteiger partial charge >= 0.3 is 6.18 Å². The van der Waals surface area contributed by atoms with E-state index in [9.17, 15) is 32.7 Å². The summed E-state index contributed by atoms with van der Waals surface area (Å²) in [5.41, 5.74) is 5.13. The number of rotatable bonds is 10. The van der Waals surface area contributed by atoms with Crippen LogP contribution < -0.4 is 27.0 Å². The number of β-amino-alcohol motifs (C(OH)–C–C–N with tert-alkyl or cyclic N) is 1. The number of aliphatic hydroxyl groups is 1. The molecule has 4 atom stereocenters. The summed E-state index contributed by atoms with van der Waals surface area (Å²) < 4.78 is 41.5. The van der Waals surface area contributed by atoms with Crippen molar-refractivity contribution in [1.82, 2.24) is 46.4 Å². The van der Waals surface area contributed by atoms with E-state index in [1.807, 2.05) is 5.10 Å². The Hall–Kier alpha value is -5.00. The molecule has 9 N–H and O–H groups in total. The Morgan fingerprint density at radius 1 is 1.06 bits per heavy atom. The molecular weight excluding hydrogens is 657 g/mol. The molecule has 3 amide bonds. The van der Waals surface area contributed by atoms with Crippen LogP contribution in [0, 0.1) is 5.92 Å². The predicted molar refractivity (Wildman–Crippen MR) is 166 cm³/mol. The van der Waals surface area contributed by atoms with Crippen LogP contribution in [0.3, 0.4) is 0 Å². The average Bonchev–Trinajstić information content (AvgIpc) is 3.43. The van der Waals surface area contributed by atoms with Gasteiger partial charge in [-0.25, -0.2) is 4.98 Å². The topological polar surface area (TPSA) is 216 Å². The minimum atomic E-state index is -4.79. The van der Waals surface area contributed by atoms with Gasteiger partial charge in [0.1, 0.15) is 11.4 Å². The molecule has 4 aromatic rings. The molecule has 2 fully saturated rings. The lowest BCUT2D eigenvalue weighted by Crippen LogP contribution is -2.42. The molecule has 4 heterocycles. The molecule has 18 heteroatoms. The first-order valence-electron chi connectivity index (χ1n) is 14.9. The van der Waals surface area contributed by atoms with Gasteiger partial charge in [0.2, 0.25) is 5.91 Å². The number of aromatic amines is 2. The zero-order chi connectivity index (χ0) is 34.2. The summed E-state index contributed by atoms with van der Waals surface area (Å²) in [5.74, 6) is -1.44. The minimum Gasteiger partial charge on any atom is -0.397 e. The van der Waals surface area contributed by atoms with Gasteiger partial charge in [-0.15, -0.1) is 0 Å². The Morgan fingerprint density at radius 2 is 1.88 bits per heavy atom. The first kappa shape index (κ1) is 32.9. The van der Waals surface area contributed by atoms with Gasteiger partial charge in [0, 0.05) is 25.7 Å². The Bertz CT molecular complexity index is 1840. The van der Waals surface area contributed by atoms with Gasteiger partial charge < -0.3 is 37.1 Å². The highest BCUT2D eigenvalue weighted by atomic mass is 35.5. The van der Waals surface area contributed by atoms with Crippen molar-refractivity contribution in [2.45, 2.75) is 43.8 Å². The maximum atomic E-state index is 13.8. The van der Waals surface area contributed by atoms with E-state index < -0.39 is 35.8 Å². The van der Waals surface area contributed by atoms with E-state index in [1.54, 1.807) is 6.07 Å². The molecule has 3 aromatic heterocycles. The number of hydrogen-bond donors (Lipinski definition) is 8. The third kappa shape index (κ3) is 7.27. The molecule has 48 heavy (non-hydrogen) atoms. The highest BCUT2D eigenvalue weighted by Crippen LogP contribution is 2.40. The van der Waals surface area contributed by atoms with Crippen LogP contribution >= 0.6 is 11.6 Å². The number of aliphatic hydroxyl groups excluding tert-OH is 1. The molecule has 0 bridgehead atoms. The van der Waals surface area contributed by atoms with Crippen LogP contribution in [0.5, 0.6) is 0 Å². The molecule has 1 aliphatic heterocycles. The number of carbonyl (C=O) groups excluding carboxylic acids is 3. The molecular formula is C30H30ClF3N10O4. The Labute approximate surface area is 275 Å². The number of pyridine rings is 1. The van der Waals surface area contributed by atoms with Crippen molar-refractivity contribution in [1.29, 1.82) is 0 Å². The molecule has 252 valence electrons. The summed E-state index contributed by atoms with van der Waals surface area (Å²) >= 11 is 6.37. The monoisotopic (exact) mass is 686 g/mol. The number of H-pyrrole nitrogens is 2. The standard InChI is InChI=1S/C30H30ClF3N10O4/c31-18-5-13(1-3-17(18)27(46)40-9-14-6-20(14)42-28(47)21-7-16(45)11-37-21)8-39-29(48)26-38-12-22(41-26)23-24(19-4-2-15(35)10-36-19)43-44-25(23)30(32,33)34/h1-5,10,12,14,16,20-21,37,45H,6-9,11,35H2,(H,38,41)(H,39,48)(H,40,46)(H,42,47)(H,43,44)/t14?,16-,20?,21+/m1/s1. The van der Waals surface area contributed by atoms with Gasteiger partial charge in [-0.3, -0.25) is 24.5 Å². The normalized spacial score (nSPS) is 20.4. The second-order valence-corrected chi connectivity index (χ2v) is 12.0. The molecule has 6 rings (SSSR count). The van der Waals surface area contributed by atoms with Crippen molar-refractivity contribution in [2.75, 3.05) is 18.8 Å². The molecule has 1 aliphatic carbocycles. The van der Waals surface area contributed by atoms with Gasteiger partial charge in [0.05, 0.1) is 57.8 Å². The smallest absolute Gasteiger partial charge is 0.397 e. The number of alkyl halides is 3. The summed E-state index contributed by atoms with van der Waals surface area (Å²) in [6.07, 6.45) is -1.86. The fraction of sp³-hybridized carbons (Fsp3) is 0.333. The van der Waals surface area contributed by atoms with Crippen LogP contribution in [0.2, 0.25) is 5.02 Å². The Balaban J connectivity index is 1.04. The minimum absolute atomic E-state index is 0.0209. The number of imidazole rings is 1. The lowest BCUT2D eigenvalue weighted by molar-refractivity contribution is -0.140. The molecule has 2 unspecified atom stereocenters. The van der Waals surface area contributed by atoms with E-state index in [2.05, 4.69) is 41.3 Å².